The number of ether oxygens (including phenoxy) is 1. The summed E-state index contributed by atoms with van der Waals surface area (Å²) >= 11 is 0. The molecule has 2 N–H and O–H groups in total. The summed E-state index contributed by atoms with van der Waals surface area (Å²) in [6, 6.07) is 16.6. The average molecular weight is 380 g/mol. The van der Waals surface area contributed by atoms with Gasteiger partial charge in [0.05, 0.1) is 4.92 Å². The molecular formula is C20H20N4O4. The number of nitro groups is 1. The number of hydrogen-bond acceptors (Lipinski definition) is 5. The molecular weight excluding hydrogens is 360 g/mol. The molecule has 0 radical (unpaired) electrons. The number of carbonyl (C=O) groups excluding carboxylic acids is 1. The molecule has 0 aliphatic rings. The number of rotatable bonds is 8. The average Bonchev–Trinajstić information content (AvgIpc) is 3.12. The number of hydrogen-bond donors (Lipinski definition) is 2. The highest BCUT2D eigenvalue weighted by Crippen LogP contribution is 2.26. The third kappa shape index (κ3) is 4.35. The zero-order chi connectivity index (χ0) is 19.9. The van der Waals surface area contributed by atoms with Crippen LogP contribution in [0.15, 0.2) is 54.6 Å². The highest BCUT2D eigenvalue weighted by molar-refractivity contribution is 5.96. The van der Waals surface area contributed by atoms with Gasteiger partial charge in [0.1, 0.15) is 17.2 Å². The Morgan fingerprint density at radius 1 is 1.18 bits per heavy atom. The Kier molecular flexibility index (Phi) is 6.01. The lowest BCUT2D eigenvalue weighted by molar-refractivity contribution is -0.385. The van der Waals surface area contributed by atoms with Crippen LogP contribution in [-0.2, 0) is 13.0 Å². The molecule has 0 aliphatic heterocycles. The third-order valence-electron chi connectivity index (χ3n) is 4.09. The minimum atomic E-state index is -0.611. The molecule has 1 amide bonds. The van der Waals surface area contributed by atoms with Gasteiger partial charge in [-0.25, -0.2) is 0 Å². The predicted octanol–water partition coefficient (Wildman–Crippen LogP) is 3.99. The topological polar surface area (TPSA) is 110 Å². The Hall–Kier alpha value is -3.68. The van der Waals surface area contributed by atoms with E-state index in [0.29, 0.717) is 30.0 Å². The van der Waals surface area contributed by atoms with E-state index in [2.05, 4.69) is 15.5 Å². The number of nitrogens with zero attached hydrogens (tertiary/aromatic N) is 2. The first-order chi connectivity index (χ1) is 13.6. The molecule has 0 atom stereocenters. The van der Waals surface area contributed by atoms with E-state index in [9.17, 15) is 14.9 Å². The van der Waals surface area contributed by atoms with Gasteiger partial charge < -0.3 is 10.1 Å². The number of nitrogens with one attached hydrogen (secondary N) is 2. The second-order valence-corrected chi connectivity index (χ2v) is 6.11. The van der Waals surface area contributed by atoms with Crippen LogP contribution in [0.1, 0.15) is 35.1 Å². The SMILES string of the molecule is CCCc1[nH]nc(C(=O)NCc2ccccc2Oc2ccccc2)c1[N+](=O)[O-]. The Morgan fingerprint density at radius 3 is 2.61 bits per heavy atom. The quantitative estimate of drug-likeness (QED) is 0.453. The normalized spacial score (nSPS) is 10.5. The maximum Gasteiger partial charge on any atom is 0.322 e. The molecule has 144 valence electrons. The first kappa shape index (κ1) is 19.1. The molecule has 0 unspecified atom stereocenters. The Balaban J connectivity index is 1.75. The summed E-state index contributed by atoms with van der Waals surface area (Å²) in [6.45, 7) is 2.04. The van der Waals surface area contributed by atoms with Gasteiger partial charge in [-0.1, -0.05) is 49.7 Å². The Bertz CT molecular complexity index is 969. The molecule has 0 aliphatic carbocycles. The van der Waals surface area contributed by atoms with Crippen molar-refractivity contribution in [1.29, 1.82) is 0 Å². The van der Waals surface area contributed by atoms with Crippen molar-refractivity contribution in [2.75, 3.05) is 0 Å². The number of benzene rings is 2. The minimum Gasteiger partial charge on any atom is -0.457 e. The molecule has 2 aromatic carbocycles. The maximum atomic E-state index is 12.5. The standard InChI is InChI=1S/C20H20N4O4/c1-2-8-16-19(24(26)27)18(23-22-16)20(25)21-13-14-9-6-7-12-17(14)28-15-10-4-3-5-11-15/h3-7,9-12H,2,8,13H2,1H3,(H,21,25)(H,22,23). The van der Waals surface area contributed by atoms with Gasteiger partial charge >= 0.3 is 5.69 Å². The van der Waals surface area contributed by atoms with Crippen molar-refractivity contribution < 1.29 is 14.5 Å². The van der Waals surface area contributed by atoms with E-state index in [4.69, 9.17) is 4.74 Å². The Labute approximate surface area is 161 Å². The summed E-state index contributed by atoms with van der Waals surface area (Å²) in [7, 11) is 0. The Morgan fingerprint density at radius 2 is 1.89 bits per heavy atom. The number of para-hydroxylation sites is 2. The fourth-order valence-electron chi connectivity index (χ4n) is 2.78. The van der Waals surface area contributed by atoms with Crippen LogP contribution >= 0.6 is 0 Å². The minimum absolute atomic E-state index is 0.148. The molecule has 0 saturated heterocycles. The molecule has 3 rings (SSSR count). The van der Waals surface area contributed by atoms with Crippen molar-refractivity contribution in [2.24, 2.45) is 0 Å². The number of aromatic amines is 1. The highest BCUT2D eigenvalue weighted by atomic mass is 16.6. The van der Waals surface area contributed by atoms with Gasteiger partial charge in [-0.3, -0.25) is 20.0 Å². The van der Waals surface area contributed by atoms with Crippen LogP contribution in [0.4, 0.5) is 5.69 Å². The zero-order valence-corrected chi connectivity index (χ0v) is 15.3. The zero-order valence-electron chi connectivity index (χ0n) is 15.3. The highest BCUT2D eigenvalue weighted by Gasteiger charge is 2.28. The van der Waals surface area contributed by atoms with Crippen molar-refractivity contribution in [3.8, 4) is 11.5 Å². The van der Waals surface area contributed by atoms with Crippen LogP contribution in [0.2, 0.25) is 0 Å². The van der Waals surface area contributed by atoms with Crippen molar-refractivity contribution >= 4 is 11.6 Å². The lowest BCUT2D eigenvalue weighted by Crippen LogP contribution is -2.24. The third-order valence-corrected chi connectivity index (χ3v) is 4.09. The van der Waals surface area contributed by atoms with Gasteiger partial charge in [0, 0.05) is 12.1 Å². The number of aromatic nitrogens is 2. The van der Waals surface area contributed by atoms with Gasteiger partial charge in [0.25, 0.3) is 5.91 Å². The molecule has 0 bridgehead atoms. The predicted molar refractivity (Wildman–Crippen MR) is 103 cm³/mol. The van der Waals surface area contributed by atoms with Gasteiger partial charge in [-0.2, -0.15) is 5.10 Å². The smallest absolute Gasteiger partial charge is 0.322 e. The van der Waals surface area contributed by atoms with E-state index < -0.39 is 10.8 Å². The number of H-pyrrole nitrogens is 1. The van der Waals surface area contributed by atoms with Gasteiger partial charge in [-0.05, 0) is 24.6 Å². The largest absolute Gasteiger partial charge is 0.457 e. The van der Waals surface area contributed by atoms with Crippen molar-refractivity contribution in [3.05, 3.63) is 81.7 Å². The molecule has 28 heavy (non-hydrogen) atoms. The second-order valence-electron chi connectivity index (χ2n) is 6.11. The molecule has 1 heterocycles. The summed E-state index contributed by atoms with van der Waals surface area (Å²) in [4.78, 5) is 23.3. The van der Waals surface area contributed by atoms with Crippen LogP contribution < -0.4 is 10.1 Å². The van der Waals surface area contributed by atoms with Gasteiger partial charge in [0.2, 0.25) is 5.69 Å². The fourth-order valence-corrected chi connectivity index (χ4v) is 2.78. The molecule has 3 aromatic rings. The van der Waals surface area contributed by atoms with E-state index in [1.54, 1.807) is 6.07 Å². The van der Waals surface area contributed by atoms with Crippen molar-refractivity contribution in [3.63, 3.8) is 0 Å². The van der Waals surface area contributed by atoms with Crippen LogP contribution in [0.5, 0.6) is 11.5 Å². The first-order valence-electron chi connectivity index (χ1n) is 8.90. The molecule has 1 aromatic heterocycles. The van der Waals surface area contributed by atoms with E-state index in [0.717, 1.165) is 5.56 Å². The van der Waals surface area contributed by atoms with Gasteiger partial charge in [0.15, 0.2) is 0 Å². The van der Waals surface area contributed by atoms with E-state index in [-0.39, 0.29) is 17.9 Å². The summed E-state index contributed by atoms with van der Waals surface area (Å²) in [5.74, 6) is 0.658. The second kappa shape index (κ2) is 8.81. The number of amides is 1. The summed E-state index contributed by atoms with van der Waals surface area (Å²) in [6.07, 6.45) is 1.15. The molecule has 8 nitrogen and oxygen atoms in total. The number of carbonyl (C=O) groups is 1. The van der Waals surface area contributed by atoms with Crippen LogP contribution in [0.3, 0.4) is 0 Å². The van der Waals surface area contributed by atoms with E-state index in [1.807, 2.05) is 55.5 Å². The van der Waals surface area contributed by atoms with E-state index >= 15 is 0 Å². The molecule has 8 heteroatoms. The molecule has 0 spiro atoms. The monoisotopic (exact) mass is 380 g/mol. The van der Waals surface area contributed by atoms with Crippen molar-refractivity contribution in [2.45, 2.75) is 26.3 Å². The first-order valence-corrected chi connectivity index (χ1v) is 8.90. The molecule has 0 fully saturated rings. The lowest BCUT2D eigenvalue weighted by atomic mass is 10.2. The number of aryl methyl sites for hydroxylation is 1. The summed E-state index contributed by atoms with van der Waals surface area (Å²) < 4.78 is 5.86. The van der Waals surface area contributed by atoms with Crippen LogP contribution in [-0.4, -0.2) is 21.0 Å². The van der Waals surface area contributed by atoms with Crippen molar-refractivity contribution in [1.82, 2.24) is 15.5 Å². The lowest BCUT2D eigenvalue weighted by Gasteiger charge is -2.11. The summed E-state index contributed by atoms with van der Waals surface area (Å²) in [5, 5.41) is 20.5. The van der Waals surface area contributed by atoms with Crippen LogP contribution in [0, 0.1) is 10.1 Å². The van der Waals surface area contributed by atoms with E-state index in [1.165, 1.54) is 0 Å². The molecule has 0 saturated carbocycles. The summed E-state index contributed by atoms with van der Waals surface area (Å²) in [5.41, 5.74) is 0.611. The van der Waals surface area contributed by atoms with Gasteiger partial charge in [-0.15, -0.1) is 0 Å². The van der Waals surface area contributed by atoms with Crippen LogP contribution in [0.25, 0.3) is 0 Å². The fraction of sp³-hybridized carbons (Fsp3) is 0.200. The maximum absolute atomic E-state index is 12.5.